The van der Waals surface area contributed by atoms with Crippen molar-refractivity contribution in [2.45, 2.75) is 13.8 Å². The van der Waals surface area contributed by atoms with Crippen LogP contribution >= 0.6 is 11.6 Å². The lowest BCUT2D eigenvalue weighted by atomic mass is 10.2. The maximum Gasteiger partial charge on any atom is 0.197 e. The first-order chi connectivity index (χ1) is 13.5. The van der Waals surface area contributed by atoms with Gasteiger partial charge in [-0.2, -0.15) is 5.11 Å². The third-order valence-electron chi connectivity index (χ3n) is 4.11. The van der Waals surface area contributed by atoms with Crippen LogP contribution in [0.4, 0.5) is 28.7 Å². The summed E-state index contributed by atoms with van der Waals surface area (Å²) in [5.41, 5.74) is 10.3. The van der Waals surface area contributed by atoms with Crippen LogP contribution in [0, 0.1) is 13.8 Å². The van der Waals surface area contributed by atoms with Gasteiger partial charge in [0.25, 0.3) is 0 Å². The molecule has 0 saturated carbocycles. The number of benzene rings is 2. The minimum absolute atomic E-state index is 0.340. The number of fused-ring (bicyclic) bond motifs is 1. The van der Waals surface area contributed by atoms with Crippen LogP contribution in [-0.2, 0) is 0 Å². The fourth-order valence-corrected chi connectivity index (χ4v) is 2.75. The van der Waals surface area contributed by atoms with Crippen LogP contribution in [0.25, 0.3) is 5.65 Å². The highest BCUT2D eigenvalue weighted by Gasteiger charge is 2.17. The molecule has 0 aliphatic carbocycles. The quantitative estimate of drug-likeness (QED) is 0.395. The lowest BCUT2D eigenvalue weighted by Crippen LogP contribution is -1.88. The van der Waals surface area contributed by atoms with Gasteiger partial charge >= 0.3 is 0 Å². The van der Waals surface area contributed by atoms with Gasteiger partial charge in [-0.3, -0.25) is 5.10 Å². The first-order valence-corrected chi connectivity index (χ1v) is 8.91. The van der Waals surface area contributed by atoms with Crippen molar-refractivity contribution in [1.29, 1.82) is 0 Å². The van der Waals surface area contributed by atoms with Gasteiger partial charge in [0.2, 0.25) is 0 Å². The lowest BCUT2D eigenvalue weighted by Gasteiger charge is -1.95. The summed E-state index contributed by atoms with van der Waals surface area (Å²) in [6.07, 6.45) is 0. The summed E-state index contributed by atoms with van der Waals surface area (Å²) in [5.74, 6) is 0.891. The normalized spacial score (nSPS) is 12.0. The summed E-state index contributed by atoms with van der Waals surface area (Å²) in [6.45, 7) is 3.87. The minimum Gasteiger partial charge on any atom is -0.382 e. The Morgan fingerprint density at radius 1 is 0.893 bits per heavy atom. The minimum atomic E-state index is 0.340. The summed E-state index contributed by atoms with van der Waals surface area (Å²) >= 11 is 5.89. The number of nitrogens with two attached hydrogens (primary N) is 1. The van der Waals surface area contributed by atoms with Crippen molar-refractivity contribution >= 4 is 45.9 Å². The number of imidazole rings is 1. The van der Waals surface area contributed by atoms with Gasteiger partial charge in [0.1, 0.15) is 5.82 Å². The summed E-state index contributed by atoms with van der Waals surface area (Å²) < 4.78 is 1.65. The zero-order valence-corrected chi connectivity index (χ0v) is 16.0. The van der Waals surface area contributed by atoms with E-state index in [0.29, 0.717) is 39.4 Å². The number of rotatable bonds is 4. The third kappa shape index (κ3) is 3.49. The van der Waals surface area contributed by atoms with Gasteiger partial charge < -0.3 is 5.73 Å². The van der Waals surface area contributed by atoms with Crippen LogP contribution in [0.3, 0.4) is 0 Å². The molecule has 0 spiro atoms. The van der Waals surface area contributed by atoms with Crippen molar-refractivity contribution in [3.8, 4) is 0 Å². The van der Waals surface area contributed by atoms with E-state index in [-0.39, 0.29) is 0 Å². The van der Waals surface area contributed by atoms with Crippen LogP contribution in [0.15, 0.2) is 69.0 Å². The highest BCUT2D eigenvalue weighted by atomic mass is 35.5. The molecule has 0 fully saturated rings. The van der Waals surface area contributed by atoms with Crippen LogP contribution in [0.2, 0.25) is 5.02 Å². The number of nitrogen functional groups attached to an aromatic ring is 1. The largest absolute Gasteiger partial charge is 0.382 e. The van der Waals surface area contributed by atoms with Crippen LogP contribution < -0.4 is 5.73 Å². The van der Waals surface area contributed by atoms with Crippen molar-refractivity contribution in [1.82, 2.24) is 14.6 Å². The van der Waals surface area contributed by atoms with Crippen LogP contribution in [0.1, 0.15) is 11.3 Å². The first kappa shape index (κ1) is 17.9. The maximum atomic E-state index is 6.07. The predicted molar refractivity (Wildman–Crippen MR) is 110 cm³/mol. The number of nitrogens with zero attached hydrogens (tertiary/aromatic N) is 6. The molecular formula is C19H17ClN8. The molecule has 2 aromatic carbocycles. The molecule has 9 heteroatoms. The molecule has 0 aliphatic rings. The highest BCUT2D eigenvalue weighted by molar-refractivity contribution is 6.30. The van der Waals surface area contributed by atoms with E-state index in [1.54, 1.807) is 28.8 Å². The zero-order valence-electron chi connectivity index (χ0n) is 15.3. The second-order valence-electron chi connectivity index (χ2n) is 6.27. The molecule has 0 radical (unpaired) electrons. The summed E-state index contributed by atoms with van der Waals surface area (Å²) in [7, 11) is 0. The predicted octanol–water partition coefficient (Wildman–Crippen LogP) is 6.35. The van der Waals surface area contributed by atoms with Crippen molar-refractivity contribution in [2.75, 3.05) is 5.73 Å². The molecule has 140 valence electrons. The molecule has 0 atom stereocenters. The summed E-state index contributed by atoms with van der Waals surface area (Å²) in [5, 5.41) is 20.7. The Bertz CT molecular complexity index is 1090. The van der Waals surface area contributed by atoms with Crippen molar-refractivity contribution in [3.05, 3.63) is 64.8 Å². The van der Waals surface area contributed by atoms with Gasteiger partial charge in [-0.1, -0.05) is 29.3 Å². The monoisotopic (exact) mass is 392 g/mol. The van der Waals surface area contributed by atoms with E-state index in [0.717, 1.165) is 11.3 Å². The van der Waals surface area contributed by atoms with E-state index < -0.39 is 0 Å². The Hall–Kier alpha value is -3.52. The fourth-order valence-electron chi connectivity index (χ4n) is 2.63. The van der Waals surface area contributed by atoms with Gasteiger partial charge in [-0.25, -0.2) is 9.50 Å². The van der Waals surface area contributed by atoms with Gasteiger partial charge in [-0.15, -0.1) is 15.3 Å². The second-order valence-corrected chi connectivity index (χ2v) is 6.70. The van der Waals surface area contributed by atoms with E-state index in [1.807, 2.05) is 38.1 Å². The summed E-state index contributed by atoms with van der Waals surface area (Å²) in [6, 6.07) is 14.8. The van der Waals surface area contributed by atoms with Crippen molar-refractivity contribution < 1.29 is 0 Å². The number of halogens is 1. The van der Waals surface area contributed by atoms with Gasteiger partial charge in [0, 0.05) is 5.02 Å². The standard InChI is InChI=1S/C19H17ClN8/c1-11-3-7-14(8-4-11)24-26-18-12(2)22-19-16(17(21)27-28(18)19)25-23-15-9-5-13(20)6-10-15/h3-10,27H,21H2,1-2H3. The van der Waals surface area contributed by atoms with Gasteiger partial charge in [0.05, 0.1) is 17.1 Å². The molecule has 4 aromatic rings. The number of hydrogen-bond donors (Lipinski definition) is 2. The molecule has 4 rings (SSSR count). The number of hydrogen-bond acceptors (Lipinski definition) is 6. The van der Waals surface area contributed by atoms with Crippen LogP contribution in [-0.4, -0.2) is 14.6 Å². The number of azo groups is 2. The lowest BCUT2D eigenvalue weighted by molar-refractivity contribution is 0.954. The number of H-pyrrole nitrogens is 1. The molecule has 0 bridgehead atoms. The molecule has 3 N–H and O–H groups in total. The molecule has 8 nitrogen and oxygen atoms in total. The van der Waals surface area contributed by atoms with Crippen molar-refractivity contribution in [3.63, 3.8) is 0 Å². The second kappa shape index (κ2) is 7.24. The number of aromatic nitrogens is 3. The Morgan fingerprint density at radius 3 is 2.18 bits per heavy atom. The van der Waals surface area contributed by atoms with Gasteiger partial charge in [0.15, 0.2) is 17.2 Å². The van der Waals surface area contributed by atoms with E-state index in [4.69, 9.17) is 17.3 Å². The molecule has 0 saturated heterocycles. The SMILES string of the molecule is Cc1ccc(N=Nc2c(C)nc3c(N=Nc4ccc(Cl)cc4)c(N)[nH]n23)cc1. The van der Waals surface area contributed by atoms with E-state index >= 15 is 0 Å². The Morgan fingerprint density at radius 2 is 1.50 bits per heavy atom. The molecule has 0 aliphatic heterocycles. The van der Waals surface area contributed by atoms with Gasteiger partial charge in [-0.05, 0) is 50.2 Å². The highest BCUT2D eigenvalue weighted by Crippen LogP contribution is 2.33. The van der Waals surface area contributed by atoms with E-state index in [9.17, 15) is 0 Å². The topological polar surface area (TPSA) is 109 Å². The summed E-state index contributed by atoms with van der Waals surface area (Å²) in [4.78, 5) is 4.51. The Kier molecular flexibility index (Phi) is 4.62. The molecule has 0 amide bonds. The molecular weight excluding hydrogens is 376 g/mol. The number of aromatic amines is 1. The van der Waals surface area contributed by atoms with E-state index in [1.165, 1.54) is 0 Å². The average Bonchev–Trinajstić information content (AvgIpc) is 3.14. The Balaban J connectivity index is 1.69. The maximum absolute atomic E-state index is 6.07. The fraction of sp³-hybridized carbons (Fsp3) is 0.105. The van der Waals surface area contributed by atoms with E-state index in [2.05, 4.69) is 30.5 Å². The zero-order chi connectivity index (χ0) is 19.7. The number of nitrogens with one attached hydrogen (secondary N) is 1. The Labute approximate surface area is 165 Å². The third-order valence-corrected chi connectivity index (χ3v) is 4.36. The van der Waals surface area contributed by atoms with Crippen LogP contribution in [0.5, 0.6) is 0 Å². The molecule has 0 unspecified atom stereocenters. The number of aryl methyl sites for hydroxylation is 2. The average molecular weight is 393 g/mol. The molecule has 28 heavy (non-hydrogen) atoms. The van der Waals surface area contributed by atoms with Crippen molar-refractivity contribution in [2.24, 2.45) is 20.5 Å². The smallest absolute Gasteiger partial charge is 0.197 e. The molecule has 2 heterocycles. The number of anilines is 1. The first-order valence-electron chi connectivity index (χ1n) is 8.53. The molecule has 2 aromatic heterocycles.